The van der Waals surface area contributed by atoms with E-state index in [1.54, 1.807) is 6.92 Å². The van der Waals surface area contributed by atoms with Crippen LogP contribution in [0.3, 0.4) is 0 Å². The third-order valence-corrected chi connectivity index (χ3v) is 4.33. The van der Waals surface area contributed by atoms with Gasteiger partial charge < -0.3 is 4.74 Å². The molecule has 7 heteroatoms. The zero-order chi connectivity index (χ0) is 13.9. The molecule has 0 saturated heterocycles. The summed E-state index contributed by atoms with van der Waals surface area (Å²) >= 11 is 9.57. The van der Waals surface area contributed by atoms with Crippen LogP contribution in [0.2, 0.25) is 0 Å². The van der Waals surface area contributed by atoms with Crippen LogP contribution in [-0.4, -0.2) is 23.6 Å². The zero-order valence-corrected chi connectivity index (χ0v) is 12.7. The van der Waals surface area contributed by atoms with Crippen molar-refractivity contribution in [2.45, 2.75) is 17.1 Å². The predicted molar refractivity (Wildman–Crippen MR) is 71.6 cm³/mol. The Morgan fingerprint density at radius 2 is 2.11 bits per heavy atom. The van der Waals surface area contributed by atoms with Gasteiger partial charge in [0.25, 0.3) is 5.24 Å². The summed E-state index contributed by atoms with van der Waals surface area (Å²) < 4.78 is 18.4. The van der Waals surface area contributed by atoms with Gasteiger partial charge in [0.2, 0.25) is 0 Å². The van der Waals surface area contributed by atoms with Gasteiger partial charge >= 0.3 is 5.97 Å². The summed E-state index contributed by atoms with van der Waals surface area (Å²) in [7, 11) is 1.28. The van der Waals surface area contributed by atoms with E-state index in [0.29, 0.717) is 9.37 Å². The van der Waals surface area contributed by atoms with Gasteiger partial charge in [0, 0.05) is 9.37 Å². The molecule has 1 atom stereocenters. The van der Waals surface area contributed by atoms with Gasteiger partial charge in [-0.05, 0) is 46.6 Å². The number of carbonyl (C=O) groups excluding carboxylic acids is 2. The summed E-state index contributed by atoms with van der Waals surface area (Å²) in [5.74, 6) is -1.12. The lowest BCUT2D eigenvalue weighted by atomic mass is 10.2. The molecule has 18 heavy (non-hydrogen) atoms. The molecule has 0 N–H and O–H groups in total. The van der Waals surface area contributed by atoms with Crippen LogP contribution in [0, 0.1) is 5.82 Å². The second-order valence-corrected chi connectivity index (χ2v) is 5.90. The summed E-state index contributed by atoms with van der Waals surface area (Å²) in [6, 6.07) is 2.45. The number of halogens is 3. The van der Waals surface area contributed by atoms with E-state index in [9.17, 15) is 14.0 Å². The van der Waals surface area contributed by atoms with Crippen LogP contribution in [-0.2, 0) is 9.53 Å². The number of esters is 1. The highest BCUT2D eigenvalue weighted by Gasteiger charge is 2.19. The van der Waals surface area contributed by atoms with Crippen molar-refractivity contribution in [3.8, 4) is 0 Å². The molecule has 3 nitrogen and oxygen atoms in total. The van der Waals surface area contributed by atoms with Gasteiger partial charge in [0.1, 0.15) is 11.1 Å². The maximum Gasteiger partial charge on any atom is 0.318 e. The van der Waals surface area contributed by atoms with Crippen molar-refractivity contribution >= 4 is 50.5 Å². The van der Waals surface area contributed by atoms with Crippen LogP contribution in [0.1, 0.15) is 17.3 Å². The van der Waals surface area contributed by atoms with Gasteiger partial charge in [-0.1, -0.05) is 0 Å². The number of methoxy groups -OCH3 is 1. The molecule has 0 spiro atoms. The molecule has 0 aliphatic heterocycles. The molecule has 1 aromatic rings. The van der Waals surface area contributed by atoms with Gasteiger partial charge in [0.15, 0.2) is 0 Å². The van der Waals surface area contributed by atoms with Crippen molar-refractivity contribution in [2.75, 3.05) is 7.11 Å². The Balaban J connectivity index is 3.06. The lowest BCUT2D eigenvalue weighted by Crippen LogP contribution is -2.14. The highest BCUT2D eigenvalue weighted by atomic mass is 79.9. The molecule has 98 valence electrons. The van der Waals surface area contributed by atoms with Crippen molar-refractivity contribution in [1.29, 1.82) is 0 Å². The van der Waals surface area contributed by atoms with E-state index in [4.69, 9.17) is 11.6 Å². The Bertz CT molecular complexity index is 495. The topological polar surface area (TPSA) is 43.4 Å². The zero-order valence-electron chi connectivity index (χ0n) is 9.50. The summed E-state index contributed by atoms with van der Waals surface area (Å²) in [6.45, 7) is 1.65. The monoisotopic (exact) mass is 354 g/mol. The summed E-state index contributed by atoms with van der Waals surface area (Å²) in [4.78, 5) is 22.8. The molecule has 1 aromatic carbocycles. The highest BCUT2D eigenvalue weighted by Crippen LogP contribution is 2.33. The third kappa shape index (κ3) is 3.70. The molecule has 0 bridgehead atoms. The number of hydrogen-bond acceptors (Lipinski definition) is 4. The van der Waals surface area contributed by atoms with Gasteiger partial charge in [-0.25, -0.2) is 4.39 Å². The van der Waals surface area contributed by atoms with E-state index in [2.05, 4.69) is 20.7 Å². The molecule has 0 aromatic heterocycles. The fourth-order valence-electron chi connectivity index (χ4n) is 1.17. The normalized spacial score (nSPS) is 12.1. The van der Waals surface area contributed by atoms with E-state index >= 15 is 0 Å². The number of rotatable bonds is 4. The standard InChI is InChI=1S/C11H9BrClFO3S/c1-5(11(16)17-2)18-9-3-6(10(13)15)8(14)4-7(9)12/h3-5H,1-2H3. The Morgan fingerprint density at radius 1 is 1.50 bits per heavy atom. The van der Waals surface area contributed by atoms with E-state index in [0.717, 1.165) is 17.8 Å². The fraction of sp³-hybridized carbons (Fsp3) is 0.273. The fourth-order valence-corrected chi connectivity index (χ4v) is 2.85. The molecule has 0 aliphatic rings. The molecule has 0 fully saturated rings. The minimum absolute atomic E-state index is 0.223. The van der Waals surface area contributed by atoms with Crippen LogP contribution in [0.5, 0.6) is 0 Å². The van der Waals surface area contributed by atoms with E-state index in [1.807, 2.05) is 0 Å². The van der Waals surface area contributed by atoms with Gasteiger partial charge in [0.05, 0.1) is 12.7 Å². The Morgan fingerprint density at radius 3 is 2.61 bits per heavy atom. The first kappa shape index (κ1) is 15.5. The average Bonchev–Trinajstić information content (AvgIpc) is 2.30. The van der Waals surface area contributed by atoms with Crippen LogP contribution in [0.15, 0.2) is 21.5 Å². The lowest BCUT2D eigenvalue weighted by molar-refractivity contribution is -0.139. The van der Waals surface area contributed by atoms with E-state index in [-0.39, 0.29) is 5.56 Å². The number of carbonyl (C=O) groups is 2. The Hall–Kier alpha value is -0.590. The number of ether oxygens (including phenoxy) is 1. The minimum atomic E-state index is -0.882. The first-order valence-electron chi connectivity index (χ1n) is 4.80. The average molecular weight is 356 g/mol. The number of hydrogen-bond donors (Lipinski definition) is 0. The first-order chi connectivity index (χ1) is 8.36. The predicted octanol–water partition coefficient (Wildman–Crippen LogP) is 3.62. The van der Waals surface area contributed by atoms with Gasteiger partial charge in [-0.3, -0.25) is 9.59 Å². The van der Waals surface area contributed by atoms with Crippen LogP contribution in [0.25, 0.3) is 0 Å². The molecule has 0 heterocycles. The molecule has 0 amide bonds. The Labute approximate surface area is 121 Å². The van der Waals surface area contributed by atoms with E-state index in [1.165, 1.54) is 13.2 Å². The van der Waals surface area contributed by atoms with Crippen molar-refractivity contribution in [3.63, 3.8) is 0 Å². The van der Waals surface area contributed by atoms with Crippen molar-refractivity contribution < 1.29 is 18.7 Å². The molecule has 0 saturated carbocycles. The molecule has 0 aliphatic carbocycles. The second kappa shape index (κ2) is 6.54. The van der Waals surface area contributed by atoms with Crippen LogP contribution < -0.4 is 0 Å². The maximum absolute atomic E-state index is 13.4. The maximum atomic E-state index is 13.4. The first-order valence-corrected chi connectivity index (χ1v) is 6.85. The highest BCUT2D eigenvalue weighted by molar-refractivity contribution is 9.10. The molecule has 1 rings (SSSR count). The van der Waals surface area contributed by atoms with Gasteiger partial charge in [-0.15, -0.1) is 11.8 Å². The lowest BCUT2D eigenvalue weighted by Gasteiger charge is -2.11. The summed E-state index contributed by atoms with van der Waals surface area (Å²) in [5.41, 5.74) is -0.223. The van der Waals surface area contributed by atoms with Crippen molar-refractivity contribution in [3.05, 3.63) is 28.0 Å². The second-order valence-electron chi connectivity index (χ2n) is 3.32. The third-order valence-electron chi connectivity index (χ3n) is 2.07. The van der Waals surface area contributed by atoms with Crippen molar-refractivity contribution in [1.82, 2.24) is 0 Å². The quantitative estimate of drug-likeness (QED) is 0.470. The largest absolute Gasteiger partial charge is 0.468 e. The number of benzene rings is 1. The molecular formula is C11H9BrClFO3S. The SMILES string of the molecule is COC(=O)C(C)Sc1cc(C(=O)Cl)c(F)cc1Br. The summed E-state index contributed by atoms with van der Waals surface area (Å²) in [5, 5.41) is -1.36. The van der Waals surface area contributed by atoms with Gasteiger partial charge in [-0.2, -0.15) is 0 Å². The minimum Gasteiger partial charge on any atom is -0.468 e. The molecule has 0 radical (unpaired) electrons. The smallest absolute Gasteiger partial charge is 0.318 e. The Kier molecular flexibility index (Phi) is 5.62. The van der Waals surface area contributed by atoms with Crippen molar-refractivity contribution in [2.24, 2.45) is 0 Å². The molecular weight excluding hydrogens is 347 g/mol. The number of thioether (sulfide) groups is 1. The van der Waals surface area contributed by atoms with Crippen LogP contribution >= 0.6 is 39.3 Å². The van der Waals surface area contributed by atoms with E-state index < -0.39 is 22.3 Å². The summed E-state index contributed by atoms with van der Waals surface area (Å²) in [6.07, 6.45) is 0. The van der Waals surface area contributed by atoms with Crippen LogP contribution in [0.4, 0.5) is 4.39 Å². The molecule has 1 unspecified atom stereocenters.